The van der Waals surface area contributed by atoms with Crippen LogP contribution in [-0.2, 0) is 32.0 Å². The molecule has 10 nitrogen and oxygen atoms in total. The normalized spacial score (nSPS) is 16.7. The largest absolute Gasteiger partial charge is 0.444 e. The van der Waals surface area contributed by atoms with Crippen LogP contribution in [0.2, 0.25) is 0 Å². The first kappa shape index (κ1) is 28.6. The Bertz CT molecular complexity index is 1100. The van der Waals surface area contributed by atoms with E-state index in [-0.39, 0.29) is 12.8 Å². The van der Waals surface area contributed by atoms with Crippen molar-refractivity contribution in [2.45, 2.75) is 70.2 Å². The number of ether oxygens (including phenoxy) is 1. The third-order valence-corrected chi connectivity index (χ3v) is 6.16. The molecule has 3 atom stereocenters. The third kappa shape index (κ3) is 8.31. The molecule has 204 valence electrons. The molecule has 3 rings (SSSR count). The van der Waals surface area contributed by atoms with E-state index < -0.39 is 47.5 Å². The summed E-state index contributed by atoms with van der Waals surface area (Å²) in [5.41, 5.74) is 3.06. The lowest BCUT2D eigenvalue weighted by atomic mass is 10.0. The predicted octanol–water partition coefficient (Wildman–Crippen LogP) is 1.83. The first-order chi connectivity index (χ1) is 18.1. The molecule has 1 fully saturated rings. The van der Waals surface area contributed by atoms with Gasteiger partial charge in [-0.25, -0.2) is 10.6 Å². The number of nitrogens with two attached hydrogens (primary N) is 1. The van der Waals surface area contributed by atoms with Crippen LogP contribution in [-0.4, -0.2) is 59.0 Å². The van der Waals surface area contributed by atoms with Gasteiger partial charge in [0.05, 0.1) is 0 Å². The second-order valence-electron chi connectivity index (χ2n) is 10.3. The lowest BCUT2D eigenvalue weighted by Gasteiger charge is -2.29. The van der Waals surface area contributed by atoms with Crippen molar-refractivity contribution in [3.05, 3.63) is 71.8 Å². The van der Waals surface area contributed by atoms with Crippen molar-refractivity contribution < 1.29 is 23.9 Å². The Kier molecular flexibility index (Phi) is 9.84. The van der Waals surface area contributed by atoms with Crippen LogP contribution < -0.4 is 21.9 Å². The minimum atomic E-state index is -0.991. The number of benzene rings is 2. The van der Waals surface area contributed by atoms with E-state index in [4.69, 9.17) is 10.6 Å². The maximum absolute atomic E-state index is 13.5. The summed E-state index contributed by atoms with van der Waals surface area (Å²) in [5.74, 6) is 3.84. The summed E-state index contributed by atoms with van der Waals surface area (Å²) in [4.78, 5) is 53.4. The number of amides is 4. The molecule has 0 unspecified atom stereocenters. The molecule has 38 heavy (non-hydrogen) atoms. The fraction of sp³-hybridized carbons (Fsp3) is 0.429. The zero-order chi connectivity index (χ0) is 27.7. The van der Waals surface area contributed by atoms with E-state index >= 15 is 0 Å². The lowest BCUT2D eigenvalue weighted by molar-refractivity contribution is -0.133. The van der Waals surface area contributed by atoms with E-state index in [1.165, 1.54) is 4.90 Å². The van der Waals surface area contributed by atoms with Crippen molar-refractivity contribution in [3.8, 4) is 0 Å². The predicted molar refractivity (Wildman–Crippen MR) is 142 cm³/mol. The summed E-state index contributed by atoms with van der Waals surface area (Å²) in [6.45, 7) is 5.68. The van der Waals surface area contributed by atoms with Crippen LogP contribution in [0.3, 0.4) is 0 Å². The zero-order valence-corrected chi connectivity index (χ0v) is 22.1. The molecule has 0 bridgehead atoms. The summed E-state index contributed by atoms with van der Waals surface area (Å²) in [7, 11) is 0. The van der Waals surface area contributed by atoms with Gasteiger partial charge in [0.2, 0.25) is 11.8 Å². The van der Waals surface area contributed by atoms with Crippen LogP contribution in [0, 0.1) is 0 Å². The Morgan fingerprint density at radius 3 is 1.92 bits per heavy atom. The standard InChI is InChI=1S/C28H37N5O5/c1-28(2,3)38-27(37)33-16-10-15-23(33)26(36)31-21(17-19-11-6-4-7-12-19)24(34)30-22(25(35)32-29)18-20-13-8-5-9-14-20/h4-9,11-14,21-23H,10,15-18,29H2,1-3H3,(H,30,34)(H,31,36)(H,32,35)/t21-,22-,23+/m0/s1. The number of hydrogen-bond acceptors (Lipinski definition) is 6. The van der Waals surface area contributed by atoms with Gasteiger partial charge >= 0.3 is 6.09 Å². The van der Waals surface area contributed by atoms with Gasteiger partial charge in [0.15, 0.2) is 0 Å². The average Bonchev–Trinajstić information content (AvgIpc) is 3.38. The molecule has 0 spiro atoms. The Morgan fingerprint density at radius 2 is 1.42 bits per heavy atom. The molecule has 10 heteroatoms. The molecule has 5 N–H and O–H groups in total. The van der Waals surface area contributed by atoms with Crippen LogP contribution >= 0.6 is 0 Å². The first-order valence-electron chi connectivity index (χ1n) is 12.8. The minimum absolute atomic E-state index is 0.194. The number of nitrogens with one attached hydrogen (secondary N) is 3. The number of rotatable bonds is 9. The maximum atomic E-state index is 13.5. The average molecular weight is 524 g/mol. The minimum Gasteiger partial charge on any atom is -0.444 e. The highest BCUT2D eigenvalue weighted by molar-refractivity contribution is 5.94. The Balaban J connectivity index is 1.78. The van der Waals surface area contributed by atoms with Gasteiger partial charge in [-0.05, 0) is 44.7 Å². The quantitative estimate of drug-likeness (QED) is 0.224. The summed E-state index contributed by atoms with van der Waals surface area (Å²) in [6.07, 6.45) is 0.942. The summed E-state index contributed by atoms with van der Waals surface area (Å²) in [5, 5.41) is 5.56. The summed E-state index contributed by atoms with van der Waals surface area (Å²) >= 11 is 0. The van der Waals surface area contributed by atoms with E-state index in [0.29, 0.717) is 19.4 Å². The number of likely N-dealkylation sites (tertiary alicyclic amines) is 1. The summed E-state index contributed by atoms with van der Waals surface area (Å²) < 4.78 is 5.47. The monoisotopic (exact) mass is 523 g/mol. The summed E-state index contributed by atoms with van der Waals surface area (Å²) in [6, 6.07) is 15.8. The van der Waals surface area contributed by atoms with Crippen molar-refractivity contribution in [1.29, 1.82) is 0 Å². The second kappa shape index (κ2) is 13.0. The van der Waals surface area contributed by atoms with E-state index in [1.807, 2.05) is 60.7 Å². The van der Waals surface area contributed by atoms with Crippen LogP contribution in [0.25, 0.3) is 0 Å². The van der Waals surface area contributed by atoms with Crippen molar-refractivity contribution in [2.24, 2.45) is 5.84 Å². The molecule has 2 aromatic rings. The molecule has 1 heterocycles. The van der Waals surface area contributed by atoms with E-state index in [1.54, 1.807) is 20.8 Å². The molecule has 1 aliphatic rings. The van der Waals surface area contributed by atoms with Crippen LogP contribution in [0.4, 0.5) is 4.79 Å². The van der Waals surface area contributed by atoms with Crippen molar-refractivity contribution in [1.82, 2.24) is 21.0 Å². The highest BCUT2D eigenvalue weighted by atomic mass is 16.6. The molecular formula is C28H37N5O5. The number of carbonyl (C=O) groups excluding carboxylic acids is 4. The SMILES string of the molecule is CC(C)(C)OC(=O)N1CCC[C@@H]1C(=O)N[C@@H](Cc1ccccc1)C(=O)N[C@@H](Cc1ccccc1)C(=O)NN. The van der Waals surface area contributed by atoms with E-state index in [9.17, 15) is 19.2 Å². The number of hydrogen-bond donors (Lipinski definition) is 4. The van der Waals surface area contributed by atoms with E-state index in [2.05, 4.69) is 16.1 Å². The number of nitrogens with zero attached hydrogens (tertiary/aromatic N) is 1. The number of hydrazine groups is 1. The fourth-order valence-electron chi connectivity index (χ4n) is 4.34. The van der Waals surface area contributed by atoms with Gasteiger partial charge in [-0.2, -0.15) is 0 Å². The van der Waals surface area contributed by atoms with Gasteiger partial charge in [-0.3, -0.25) is 24.7 Å². The number of carbonyl (C=O) groups is 4. The maximum Gasteiger partial charge on any atom is 0.410 e. The molecule has 1 saturated heterocycles. The molecule has 4 amide bonds. The Hall–Kier alpha value is -3.92. The van der Waals surface area contributed by atoms with Crippen molar-refractivity contribution in [2.75, 3.05) is 6.54 Å². The van der Waals surface area contributed by atoms with Crippen LogP contribution in [0.1, 0.15) is 44.7 Å². The third-order valence-electron chi connectivity index (χ3n) is 6.16. The van der Waals surface area contributed by atoms with Gasteiger partial charge in [-0.15, -0.1) is 0 Å². The molecular weight excluding hydrogens is 486 g/mol. The highest BCUT2D eigenvalue weighted by Crippen LogP contribution is 2.21. The van der Waals surface area contributed by atoms with Gasteiger partial charge in [0, 0.05) is 19.4 Å². The second-order valence-corrected chi connectivity index (χ2v) is 10.3. The van der Waals surface area contributed by atoms with Crippen molar-refractivity contribution in [3.63, 3.8) is 0 Å². The first-order valence-corrected chi connectivity index (χ1v) is 12.8. The van der Waals surface area contributed by atoms with Gasteiger partial charge in [-0.1, -0.05) is 60.7 Å². The van der Waals surface area contributed by atoms with Gasteiger partial charge < -0.3 is 15.4 Å². The fourth-order valence-corrected chi connectivity index (χ4v) is 4.34. The van der Waals surface area contributed by atoms with Crippen molar-refractivity contribution >= 4 is 23.8 Å². The van der Waals surface area contributed by atoms with Gasteiger partial charge in [0.25, 0.3) is 5.91 Å². The molecule has 0 radical (unpaired) electrons. The molecule has 0 aliphatic carbocycles. The molecule has 1 aliphatic heterocycles. The highest BCUT2D eigenvalue weighted by Gasteiger charge is 2.38. The Labute approximate surface area is 223 Å². The van der Waals surface area contributed by atoms with Gasteiger partial charge in [0.1, 0.15) is 23.7 Å². The molecule has 0 aromatic heterocycles. The smallest absolute Gasteiger partial charge is 0.410 e. The van der Waals surface area contributed by atoms with E-state index in [0.717, 1.165) is 11.1 Å². The van der Waals surface area contributed by atoms with Crippen LogP contribution in [0.15, 0.2) is 60.7 Å². The Morgan fingerprint density at radius 1 is 0.895 bits per heavy atom. The van der Waals surface area contributed by atoms with Crippen LogP contribution in [0.5, 0.6) is 0 Å². The molecule has 2 aromatic carbocycles. The zero-order valence-electron chi connectivity index (χ0n) is 22.1. The lowest BCUT2D eigenvalue weighted by Crippen LogP contribution is -2.58. The molecule has 0 saturated carbocycles. The topological polar surface area (TPSA) is 143 Å².